The summed E-state index contributed by atoms with van der Waals surface area (Å²) in [4.78, 5) is 17.0. The minimum atomic E-state index is -4.99. The van der Waals surface area contributed by atoms with Crippen molar-refractivity contribution in [1.29, 1.82) is 0 Å². The highest BCUT2D eigenvalue weighted by molar-refractivity contribution is 7.09. The number of hydrogen-bond donors (Lipinski definition) is 0. The number of nitrogens with zero attached hydrogens (tertiary/aromatic N) is 1. The van der Waals surface area contributed by atoms with E-state index in [1.807, 2.05) is 0 Å². The summed E-state index contributed by atoms with van der Waals surface area (Å²) in [6, 6.07) is 6.84. The van der Waals surface area contributed by atoms with Gasteiger partial charge in [-0.15, -0.1) is 11.3 Å². The molecule has 0 aliphatic rings. The van der Waals surface area contributed by atoms with Crippen LogP contribution in [0.4, 0.5) is 13.2 Å². The Labute approximate surface area is 173 Å². The van der Waals surface area contributed by atoms with Crippen molar-refractivity contribution in [2.75, 3.05) is 7.11 Å². The maximum Gasteiger partial charge on any atom is 0.432 e. The topological polar surface area (TPSA) is 48.4 Å². The summed E-state index contributed by atoms with van der Waals surface area (Å²) in [5, 5.41) is 2.19. The van der Waals surface area contributed by atoms with Crippen LogP contribution in [0.25, 0.3) is 0 Å². The molecule has 8 heteroatoms. The number of ether oxygens (including phenoxy) is 2. The normalized spacial score (nSPS) is 14.9. The van der Waals surface area contributed by atoms with E-state index in [1.54, 1.807) is 17.6 Å². The summed E-state index contributed by atoms with van der Waals surface area (Å²) in [5.74, 6) is -1.48. The van der Waals surface area contributed by atoms with Crippen molar-refractivity contribution in [1.82, 2.24) is 4.98 Å². The molecule has 0 radical (unpaired) electrons. The second-order valence-corrected chi connectivity index (χ2v) is 7.64. The largest absolute Gasteiger partial charge is 0.452 e. The first kappa shape index (κ1) is 23.3. The molecular formula is C21H26F3NO3S. The number of benzene rings is 1. The van der Waals surface area contributed by atoms with Crippen LogP contribution in [0.5, 0.6) is 0 Å². The fourth-order valence-corrected chi connectivity index (χ4v) is 3.86. The fourth-order valence-electron chi connectivity index (χ4n) is 3.16. The third-order valence-electron chi connectivity index (χ3n) is 4.72. The fraction of sp³-hybridized carbons (Fsp3) is 0.524. The highest BCUT2D eigenvalue weighted by Gasteiger charge is 2.64. The Bertz CT molecular complexity index is 737. The number of hydrogen-bond acceptors (Lipinski definition) is 5. The van der Waals surface area contributed by atoms with Crippen molar-refractivity contribution in [3.05, 3.63) is 52.5 Å². The molecule has 29 heavy (non-hydrogen) atoms. The summed E-state index contributed by atoms with van der Waals surface area (Å²) < 4.78 is 52.4. The van der Waals surface area contributed by atoms with E-state index < -0.39 is 23.9 Å². The minimum absolute atomic E-state index is 0.319. The predicted molar refractivity (Wildman–Crippen MR) is 106 cm³/mol. The van der Waals surface area contributed by atoms with Gasteiger partial charge in [-0.05, 0) is 12.8 Å². The number of methoxy groups -OCH3 is 1. The van der Waals surface area contributed by atoms with Gasteiger partial charge in [0.25, 0.3) is 5.60 Å². The number of carbonyl (C=O) groups is 1. The molecule has 0 bridgehead atoms. The van der Waals surface area contributed by atoms with Gasteiger partial charge in [-0.2, -0.15) is 13.2 Å². The van der Waals surface area contributed by atoms with Crippen LogP contribution in [-0.2, 0) is 19.9 Å². The van der Waals surface area contributed by atoms with Crippen molar-refractivity contribution in [2.24, 2.45) is 0 Å². The van der Waals surface area contributed by atoms with Gasteiger partial charge in [-0.1, -0.05) is 62.9 Å². The zero-order chi connectivity index (χ0) is 21.3. The van der Waals surface area contributed by atoms with Crippen molar-refractivity contribution < 1.29 is 27.4 Å². The van der Waals surface area contributed by atoms with Crippen LogP contribution in [0.1, 0.15) is 62.1 Å². The van der Waals surface area contributed by atoms with E-state index >= 15 is 0 Å². The lowest BCUT2D eigenvalue weighted by atomic mass is 9.92. The monoisotopic (exact) mass is 429 g/mol. The van der Waals surface area contributed by atoms with E-state index in [2.05, 4.69) is 11.9 Å². The molecule has 0 amide bonds. The van der Waals surface area contributed by atoms with Gasteiger partial charge in [0.15, 0.2) is 6.10 Å². The third-order valence-corrected chi connectivity index (χ3v) is 5.59. The summed E-state index contributed by atoms with van der Waals surface area (Å²) in [7, 11) is 0.866. The van der Waals surface area contributed by atoms with Crippen LogP contribution >= 0.6 is 11.3 Å². The van der Waals surface area contributed by atoms with Crippen LogP contribution in [-0.4, -0.2) is 24.2 Å². The molecule has 0 saturated carbocycles. The maximum absolute atomic E-state index is 14.1. The first-order valence-corrected chi connectivity index (χ1v) is 10.5. The number of rotatable bonds is 11. The molecule has 0 aliphatic carbocycles. The number of esters is 1. The highest BCUT2D eigenvalue weighted by Crippen LogP contribution is 2.44. The zero-order valence-corrected chi connectivity index (χ0v) is 17.4. The van der Waals surface area contributed by atoms with E-state index in [0.717, 1.165) is 39.2 Å². The average molecular weight is 430 g/mol. The molecule has 0 saturated heterocycles. The van der Waals surface area contributed by atoms with Crippen LogP contribution in [0.2, 0.25) is 0 Å². The molecule has 2 aromatic rings. The molecule has 0 N–H and O–H groups in total. The Hall–Kier alpha value is -1.93. The summed E-state index contributed by atoms with van der Waals surface area (Å²) in [6.07, 6.45) is 0.983. The second kappa shape index (κ2) is 10.7. The zero-order valence-electron chi connectivity index (χ0n) is 16.6. The van der Waals surface area contributed by atoms with Gasteiger partial charge in [0, 0.05) is 24.3 Å². The number of halogens is 3. The van der Waals surface area contributed by atoms with Crippen molar-refractivity contribution in [3.63, 3.8) is 0 Å². The van der Waals surface area contributed by atoms with Gasteiger partial charge in [-0.3, -0.25) is 0 Å². The van der Waals surface area contributed by atoms with Gasteiger partial charge in [-0.25, -0.2) is 9.78 Å². The molecule has 0 spiro atoms. The quantitative estimate of drug-likeness (QED) is 0.316. The van der Waals surface area contributed by atoms with Crippen LogP contribution in [0.3, 0.4) is 0 Å². The van der Waals surface area contributed by atoms with Crippen LogP contribution in [0.15, 0.2) is 41.9 Å². The molecule has 160 valence electrons. The lowest BCUT2D eigenvalue weighted by Gasteiger charge is -2.33. The molecular weight excluding hydrogens is 403 g/mol. The summed E-state index contributed by atoms with van der Waals surface area (Å²) in [5.41, 5.74) is -3.51. The van der Waals surface area contributed by atoms with Gasteiger partial charge in [0.2, 0.25) is 0 Å². The number of alkyl halides is 3. The van der Waals surface area contributed by atoms with E-state index in [9.17, 15) is 18.0 Å². The summed E-state index contributed by atoms with van der Waals surface area (Å²) >= 11 is 1.25. The van der Waals surface area contributed by atoms with E-state index in [0.29, 0.717) is 11.4 Å². The Morgan fingerprint density at radius 1 is 1.14 bits per heavy atom. The van der Waals surface area contributed by atoms with E-state index in [4.69, 9.17) is 9.47 Å². The first-order valence-electron chi connectivity index (χ1n) is 9.64. The van der Waals surface area contributed by atoms with Gasteiger partial charge in [0.05, 0.1) is 0 Å². The summed E-state index contributed by atoms with van der Waals surface area (Å²) in [6.45, 7) is 2.10. The SMILES string of the molecule is CCCCCCC[C@@H](OC(=O)[C@](OC)(c1ccccc1)C(F)(F)F)c1nccs1. The van der Waals surface area contributed by atoms with Crippen LogP contribution in [0, 0.1) is 0 Å². The average Bonchev–Trinajstić information content (AvgIpc) is 3.22. The van der Waals surface area contributed by atoms with E-state index in [1.165, 1.54) is 35.6 Å². The molecule has 2 atom stereocenters. The molecule has 0 aliphatic heterocycles. The molecule has 0 unspecified atom stereocenters. The maximum atomic E-state index is 14.1. The number of aromatic nitrogens is 1. The third kappa shape index (κ3) is 5.57. The number of thiazole rings is 1. The second-order valence-electron chi connectivity index (χ2n) is 6.72. The molecule has 1 aromatic carbocycles. The first-order chi connectivity index (χ1) is 13.9. The smallest absolute Gasteiger partial charge is 0.432 e. The number of unbranched alkanes of at least 4 members (excludes halogenated alkanes) is 4. The van der Waals surface area contributed by atoms with Gasteiger partial charge >= 0.3 is 12.1 Å². The lowest BCUT2D eigenvalue weighted by molar-refractivity contribution is -0.278. The molecule has 0 fully saturated rings. The Morgan fingerprint density at radius 2 is 1.83 bits per heavy atom. The predicted octanol–water partition coefficient (Wildman–Crippen LogP) is 6.19. The van der Waals surface area contributed by atoms with Crippen molar-refractivity contribution in [2.45, 2.75) is 63.3 Å². The molecule has 2 rings (SSSR count). The Morgan fingerprint density at radius 3 is 2.38 bits per heavy atom. The van der Waals surface area contributed by atoms with Gasteiger partial charge < -0.3 is 9.47 Å². The highest BCUT2D eigenvalue weighted by atomic mass is 32.1. The number of carbonyl (C=O) groups excluding carboxylic acids is 1. The molecule has 1 aromatic heterocycles. The van der Waals surface area contributed by atoms with Crippen molar-refractivity contribution in [3.8, 4) is 0 Å². The molecule has 1 heterocycles. The van der Waals surface area contributed by atoms with Crippen LogP contribution < -0.4 is 0 Å². The lowest BCUT2D eigenvalue weighted by Crippen LogP contribution is -2.52. The Balaban J connectivity index is 2.26. The van der Waals surface area contributed by atoms with Gasteiger partial charge in [0.1, 0.15) is 5.01 Å². The van der Waals surface area contributed by atoms with E-state index in [-0.39, 0.29) is 5.56 Å². The Kier molecular flexibility index (Phi) is 8.64. The standard InChI is InChI=1S/C21H26F3NO3S/c1-3-4-5-6-10-13-17(18-25-14-15-29-18)28-19(26)20(27-2,21(22,23)24)16-11-8-7-9-12-16/h7-9,11-12,14-15,17H,3-6,10,13H2,1-2H3/t17-,20-/m1/s1. The van der Waals surface area contributed by atoms with Crippen molar-refractivity contribution >= 4 is 17.3 Å². The molecule has 4 nitrogen and oxygen atoms in total. The minimum Gasteiger partial charge on any atom is -0.452 e.